The molecule has 4 rings (SSSR count). The number of aromatic nitrogens is 6. The first-order chi connectivity index (χ1) is 14.0. The Labute approximate surface area is 172 Å². The molecule has 0 aliphatic heterocycles. The summed E-state index contributed by atoms with van der Waals surface area (Å²) >= 11 is 6.13. The molecule has 4 aromatic rings. The fraction of sp³-hybridized carbons (Fsp3) is 0.250. The second-order valence-electron chi connectivity index (χ2n) is 7.21. The van der Waals surface area contributed by atoms with Crippen LogP contribution in [0.3, 0.4) is 0 Å². The SMILES string of the molecule is CC(C)C[C@H](NC(=O)c1ccc(Cl)cc1-n1cnnn1)c1nc2ccccc2[nH]1. The lowest BCUT2D eigenvalue weighted by atomic mass is 10.0. The summed E-state index contributed by atoms with van der Waals surface area (Å²) in [5.41, 5.74) is 2.73. The van der Waals surface area contributed by atoms with Crippen LogP contribution in [-0.4, -0.2) is 36.1 Å². The average Bonchev–Trinajstić information content (AvgIpc) is 3.36. The molecule has 2 N–H and O–H groups in total. The third kappa shape index (κ3) is 4.12. The minimum absolute atomic E-state index is 0.252. The van der Waals surface area contributed by atoms with Crippen molar-refractivity contribution in [2.24, 2.45) is 5.92 Å². The lowest BCUT2D eigenvalue weighted by molar-refractivity contribution is 0.0930. The lowest BCUT2D eigenvalue weighted by Crippen LogP contribution is -2.31. The van der Waals surface area contributed by atoms with Crippen LogP contribution in [0, 0.1) is 5.92 Å². The van der Waals surface area contributed by atoms with E-state index in [1.165, 1.54) is 11.0 Å². The van der Waals surface area contributed by atoms with Crippen LogP contribution in [0.5, 0.6) is 0 Å². The van der Waals surface area contributed by atoms with E-state index in [1.807, 2.05) is 24.3 Å². The number of rotatable bonds is 6. The second kappa shape index (κ2) is 8.00. The van der Waals surface area contributed by atoms with Crippen molar-refractivity contribution in [3.63, 3.8) is 0 Å². The van der Waals surface area contributed by atoms with Crippen LogP contribution in [0.4, 0.5) is 0 Å². The molecule has 0 aliphatic carbocycles. The molecule has 1 atom stereocenters. The molecular weight excluding hydrogens is 390 g/mol. The molecular formula is C20H20ClN7O. The maximum atomic E-state index is 13.2. The number of carbonyl (C=O) groups is 1. The summed E-state index contributed by atoms with van der Waals surface area (Å²) in [5, 5.41) is 14.8. The van der Waals surface area contributed by atoms with Crippen molar-refractivity contribution in [3.8, 4) is 5.69 Å². The van der Waals surface area contributed by atoms with Crippen molar-refractivity contribution in [2.45, 2.75) is 26.3 Å². The van der Waals surface area contributed by atoms with Crippen LogP contribution in [0.1, 0.15) is 42.5 Å². The van der Waals surface area contributed by atoms with Gasteiger partial charge in [0.1, 0.15) is 12.2 Å². The van der Waals surface area contributed by atoms with Gasteiger partial charge >= 0.3 is 0 Å². The van der Waals surface area contributed by atoms with Crippen LogP contribution >= 0.6 is 11.6 Å². The zero-order valence-corrected chi connectivity index (χ0v) is 16.8. The number of para-hydroxylation sites is 2. The highest BCUT2D eigenvalue weighted by molar-refractivity contribution is 6.31. The van der Waals surface area contributed by atoms with Gasteiger partial charge in [0.25, 0.3) is 5.91 Å². The first-order valence-electron chi connectivity index (χ1n) is 9.29. The minimum atomic E-state index is -0.271. The van der Waals surface area contributed by atoms with Gasteiger partial charge in [-0.05, 0) is 53.1 Å². The first-order valence-corrected chi connectivity index (χ1v) is 9.67. The monoisotopic (exact) mass is 409 g/mol. The van der Waals surface area contributed by atoms with Crippen molar-refractivity contribution in [2.75, 3.05) is 0 Å². The molecule has 148 valence electrons. The summed E-state index contributed by atoms with van der Waals surface area (Å²) in [4.78, 5) is 21.2. The molecule has 2 aromatic heterocycles. The van der Waals surface area contributed by atoms with Gasteiger partial charge in [-0.25, -0.2) is 4.98 Å². The quantitative estimate of drug-likeness (QED) is 0.505. The fourth-order valence-corrected chi connectivity index (χ4v) is 3.41. The number of hydrogen-bond acceptors (Lipinski definition) is 5. The number of nitrogens with one attached hydrogen (secondary N) is 2. The van der Waals surface area contributed by atoms with Crippen molar-refractivity contribution in [1.29, 1.82) is 0 Å². The van der Waals surface area contributed by atoms with E-state index >= 15 is 0 Å². The van der Waals surface area contributed by atoms with Crippen LogP contribution < -0.4 is 5.32 Å². The van der Waals surface area contributed by atoms with Gasteiger partial charge in [-0.15, -0.1) is 5.10 Å². The Morgan fingerprint density at radius 2 is 2.07 bits per heavy atom. The molecule has 0 unspecified atom stereocenters. The summed E-state index contributed by atoms with van der Waals surface area (Å²) in [6.45, 7) is 4.22. The maximum Gasteiger partial charge on any atom is 0.254 e. The molecule has 2 heterocycles. The number of halogens is 1. The summed E-state index contributed by atoms with van der Waals surface area (Å²) < 4.78 is 1.42. The van der Waals surface area contributed by atoms with E-state index in [0.717, 1.165) is 23.3 Å². The number of amides is 1. The number of carbonyl (C=O) groups excluding carboxylic acids is 1. The van der Waals surface area contributed by atoms with Gasteiger partial charge in [0, 0.05) is 5.02 Å². The third-order valence-electron chi connectivity index (χ3n) is 4.55. The van der Waals surface area contributed by atoms with Crippen molar-refractivity contribution >= 4 is 28.5 Å². The number of tetrazole rings is 1. The highest BCUT2D eigenvalue weighted by atomic mass is 35.5. The molecule has 2 aromatic carbocycles. The fourth-order valence-electron chi connectivity index (χ4n) is 3.24. The van der Waals surface area contributed by atoms with E-state index in [1.54, 1.807) is 18.2 Å². The number of hydrogen-bond donors (Lipinski definition) is 2. The van der Waals surface area contributed by atoms with Gasteiger partial charge < -0.3 is 10.3 Å². The molecule has 0 radical (unpaired) electrons. The lowest BCUT2D eigenvalue weighted by Gasteiger charge is -2.19. The largest absolute Gasteiger partial charge is 0.342 e. The highest BCUT2D eigenvalue weighted by Gasteiger charge is 2.22. The Balaban J connectivity index is 1.67. The molecule has 0 saturated heterocycles. The molecule has 9 heteroatoms. The summed E-state index contributed by atoms with van der Waals surface area (Å²) in [6, 6.07) is 12.5. The zero-order valence-electron chi connectivity index (χ0n) is 16.0. The molecule has 0 bridgehead atoms. The molecule has 0 spiro atoms. The summed E-state index contributed by atoms with van der Waals surface area (Å²) in [7, 11) is 0. The molecule has 29 heavy (non-hydrogen) atoms. The average molecular weight is 410 g/mol. The molecule has 0 saturated carbocycles. The number of fused-ring (bicyclic) bond motifs is 1. The van der Waals surface area contributed by atoms with Gasteiger partial charge in [0.2, 0.25) is 0 Å². The smallest absolute Gasteiger partial charge is 0.254 e. The first kappa shape index (κ1) is 19.1. The van der Waals surface area contributed by atoms with E-state index in [9.17, 15) is 4.79 Å². The van der Waals surface area contributed by atoms with E-state index in [4.69, 9.17) is 11.6 Å². The summed E-state index contributed by atoms with van der Waals surface area (Å²) in [6.07, 6.45) is 2.16. The van der Waals surface area contributed by atoms with Crippen LogP contribution in [0.2, 0.25) is 5.02 Å². The predicted octanol–water partition coefficient (Wildman–Crippen LogP) is 3.71. The van der Waals surface area contributed by atoms with Gasteiger partial charge in [-0.3, -0.25) is 4.79 Å². The minimum Gasteiger partial charge on any atom is -0.342 e. The Morgan fingerprint density at radius 3 is 2.79 bits per heavy atom. The van der Waals surface area contributed by atoms with Crippen molar-refractivity contribution < 1.29 is 4.79 Å². The van der Waals surface area contributed by atoms with E-state index in [2.05, 4.69) is 44.7 Å². The summed E-state index contributed by atoms with van der Waals surface area (Å²) in [5.74, 6) is 0.835. The number of nitrogens with zero attached hydrogens (tertiary/aromatic N) is 5. The van der Waals surface area contributed by atoms with E-state index in [-0.39, 0.29) is 11.9 Å². The van der Waals surface area contributed by atoms with Crippen LogP contribution in [-0.2, 0) is 0 Å². The normalized spacial score (nSPS) is 12.4. The molecule has 0 aliphatic rings. The Kier molecular flexibility index (Phi) is 5.26. The van der Waals surface area contributed by atoms with Crippen molar-refractivity contribution in [1.82, 2.24) is 35.5 Å². The predicted molar refractivity (Wildman–Crippen MR) is 110 cm³/mol. The van der Waals surface area contributed by atoms with E-state index < -0.39 is 0 Å². The van der Waals surface area contributed by atoms with Gasteiger partial charge in [0.05, 0.1) is 28.3 Å². The third-order valence-corrected chi connectivity index (χ3v) is 4.79. The standard InChI is InChI=1S/C20H20ClN7O/c1-12(2)9-17(19-23-15-5-3-4-6-16(15)24-19)25-20(29)14-8-7-13(21)10-18(14)28-11-22-26-27-28/h3-8,10-12,17H,9H2,1-2H3,(H,23,24)(H,25,29)/t17-/m0/s1. The number of benzene rings is 2. The molecule has 1 amide bonds. The van der Waals surface area contributed by atoms with Gasteiger partial charge in [0.15, 0.2) is 0 Å². The van der Waals surface area contributed by atoms with E-state index in [0.29, 0.717) is 22.2 Å². The van der Waals surface area contributed by atoms with Gasteiger partial charge in [-0.1, -0.05) is 37.6 Å². The number of imidazole rings is 1. The van der Waals surface area contributed by atoms with Crippen LogP contribution in [0.15, 0.2) is 48.8 Å². The highest BCUT2D eigenvalue weighted by Crippen LogP contribution is 2.24. The zero-order chi connectivity index (χ0) is 20.4. The second-order valence-corrected chi connectivity index (χ2v) is 7.65. The Morgan fingerprint density at radius 1 is 1.24 bits per heavy atom. The van der Waals surface area contributed by atoms with Crippen molar-refractivity contribution in [3.05, 3.63) is 65.2 Å². The number of aromatic amines is 1. The molecule has 8 nitrogen and oxygen atoms in total. The Hall–Kier alpha value is -3.26. The van der Waals surface area contributed by atoms with Gasteiger partial charge in [-0.2, -0.15) is 4.68 Å². The topological polar surface area (TPSA) is 101 Å². The maximum absolute atomic E-state index is 13.2. The number of H-pyrrole nitrogens is 1. The molecule has 0 fully saturated rings. The Bertz CT molecular complexity index is 1100. The van der Waals surface area contributed by atoms with Crippen LogP contribution in [0.25, 0.3) is 16.7 Å².